The summed E-state index contributed by atoms with van der Waals surface area (Å²) in [5.74, 6) is 0.545. The molecule has 0 spiro atoms. The molecule has 0 radical (unpaired) electrons. The first-order valence-corrected chi connectivity index (χ1v) is 8.76. The molecule has 0 bridgehead atoms. The molecule has 0 aliphatic carbocycles. The Bertz CT molecular complexity index is 693. The fourth-order valence-electron chi connectivity index (χ4n) is 2.07. The maximum atomic E-state index is 13.7. The monoisotopic (exact) mass is 478 g/mol. The Hall–Kier alpha value is -1.42. The van der Waals surface area contributed by atoms with Crippen LogP contribution >= 0.6 is 35.3 Å². The number of thiazole rings is 1. The minimum Gasteiger partial charge on any atom is -0.494 e. The molecule has 0 fully saturated rings. The smallest absolute Gasteiger partial charge is 0.191 e. The Balaban J connectivity index is 0.00000312. The number of nitrogens with one attached hydrogen (secondary N) is 2. The minimum absolute atomic E-state index is 0. The maximum Gasteiger partial charge on any atom is 0.191 e. The summed E-state index contributed by atoms with van der Waals surface area (Å²) in [5, 5.41) is 7.45. The Kier molecular flexibility index (Phi) is 9.73. The van der Waals surface area contributed by atoms with Gasteiger partial charge in [-0.3, -0.25) is 0 Å². The summed E-state index contributed by atoms with van der Waals surface area (Å²) >= 11 is 1.69. The number of guanidine groups is 1. The molecule has 0 aliphatic heterocycles. The summed E-state index contributed by atoms with van der Waals surface area (Å²) in [6.07, 6.45) is 2.90. The van der Waals surface area contributed by atoms with Crippen LogP contribution in [0.1, 0.15) is 29.3 Å². The first-order chi connectivity index (χ1) is 11.7. The van der Waals surface area contributed by atoms with Crippen molar-refractivity contribution in [2.45, 2.75) is 33.4 Å². The molecule has 0 amide bonds. The van der Waals surface area contributed by atoms with Crippen molar-refractivity contribution in [2.24, 2.45) is 4.99 Å². The standard InChI is InChI=1S/C17H23FN4OS.HI/c1-4-13-10-20-16(24-13)11-22-17(19-5-2)21-9-12-6-7-15(23-3)14(18)8-12;/h6-8,10H,4-5,9,11H2,1-3H3,(H2,19,21,22);1H. The highest BCUT2D eigenvalue weighted by Crippen LogP contribution is 2.18. The van der Waals surface area contributed by atoms with Crippen molar-refractivity contribution in [3.05, 3.63) is 45.7 Å². The van der Waals surface area contributed by atoms with Crippen LogP contribution in [0.3, 0.4) is 0 Å². The second-order valence-electron chi connectivity index (χ2n) is 5.09. The summed E-state index contributed by atoms with van der Waals surface area (Å²) in [7, 11) is 1.45. The lowest BCUT2D eigenvalue weighted by Gasteiger charge is -2.10. The first kappa shape index (κ1) is 21.6. The van der Waals surface area contributed by atoms with Crippen LogP contribution in [0.15, 0.2) is 29.4 Å². The largest absolute Gasteiger partial charge is 0.494 e. The highest BCUT2D eigenvalue weighted by molar-refractivity contribution is 14.0. The van der Waals surface area contributed by atoms with E-state index in [1.54, 1.807) is 17.4 Å². The average molecular weight is 478 g/mol. The minimum atomic E-state index is -0.377. The Morgan fingerprint density at radius 3 is 2.72 bits per heavy atom. The van der Waals surface area contributed by atoms with Crippen LogP contribution in [0.5, 0.6) is 5.75 Å². The van der Waals surface area contributed by atoms with Gasteiger partial charge in [-0.2, -0.15) is 0 Å². The van der Waals surface area contributed by atoms with Gasteiger partial charge in [0.2, 0.25) is 0 Å². The van der Waals surface area contributed by atoms with Crippen molar-refractivity contribution < 1.29 is 9.13 Å². The number of aryl methyl sites for hydroxylation is 1. The van der Waals surface area contributed by atoms with E-state index in [4.69, 9.17) is 4.74 Å². The summed E-state index contributed by atoms with van der Waals surface area (Å²) in [4.78, 5) is 10.1. The third-order valence-corrected chi connectivity index (χ3v) is 4.48. The van der Waals surface area contributed by atoms with Gasteiger partial charge >= 0.3 is 0 Å². The van der Waals surface area contributed by atoms with Gasteiger partial charge in [-0.15, -0.1) is 35.3 Å². The van der Waals surface area contributed by atoms with Crippen molar-refractivity contribution in [1.29, 1.82) is 0 Å². The van der Waals surface area contributed by atoms with Crippen LogP contribution in [0.4, 0.5) is 4.39 Å². The average Bonchev–Trinajstić information content (AvgIpc) is 3.05. The van der Waals surface area contributed by atoms with Gasteiger partial charge < -0.3 is 15.4 Å². The molecule has 1 aromatic heterocycles. The number of methoxy groups -OCH3 is 1. The highest BCUT2D eigenvalue weighted by atomic mass is 127. The third-order valence-electron chi connectivity index (χ3n) is 3.34. The fraction of sp³-hybridized carbons (Fsp3) is 0.412. The topological polar surface area (TPSA) is 58.5 Å². The van der Waals surface area contributed by atoms with Crippen LogP contribution in [0.25, 0.3) is 0 Å². The quantitative estimate of drug-likeness (QED) is 0.362. The van der Waals surface area contributed by atoms with Gasteiger partial charge in [-0.05, 0) is 31.0 Å². The number of aromatic nitrogens is 1. The number of rotatable bonds is 7. The van der Waals surface area contributed by atoms with E-state index in [-0.39, 0.29) is 35.5 Å². The van der Waals surface area contributed by atoms with E-state index in [0.29, 0.717) is 19.0 Å². The van der Waals surface area contributed by atoms with Crippen LogP contribution in [0, 0.1) is 5.82 Å². The summed E-state index contributed by atoms with van der Waals surface area (Å²) in [5.41, 5.74) is 0.785. The van der Waals surface area contributed by atoms with Gasteiger partial charge in [-0.25, -0.2) is 14.4 Å². The molecule has 0 unspecified atom stereocenters. The summed E-state index contributed by atoms with van der Waals surface area (Å²) in [6.45, 7) is 5.87. The molecule has 8 heteroatoms. The Labute approximate surface area is 169 Å². The van der Waals surface area contributed by atoms with Gasteiger partial charge in [0.15, 0.2) is 17.5 Å². The molecule has 2 aromatic rings. The molecule has 2 rings (SSSR count). The number of aliphatic imine (C=N–C) groups is 1. The van der Waals surface area contributed by atoms with E-state index in [1.165, 1.54) is 18.1 Å². The lowest BCUT2D eigenvalue weighted by molar-refractivity contribution is 0.386. The number of ether oxygens (including phenoxy) is 1. The number of benzene rings is 1. The molecule has 2 N–H and O–H groups in total. The molecule has 0 atom stereocenters. The number of nitrogens with zero attached hydrogens (tertiary/aromatic N) is 2. The summed E-state index contributed by atoms with van der Waals surface area (Å²) in [6, 6.07) is 4.87. The molecule has 0 aliphatic rings. The van der Waals surface area contributed by atoms with Crippen LogP contribution in [-0.2, 0) is 19.5 Å². The third kappa shape index (κ3) is 6.77. The molecule has 25 heavy (non-hydrogen) atoms. The Morgan fingerprint density at radius 2 is 2.12 bits per heavy atom. The van der Waals surface area contributed by atoms with Gasteiger partial charge in [0, 0.05) is 17.6 Å². The molecule has 0 saturated heterocycles. The fourth-order valence-corrected chi connectivity index (χ4v) is 2.88. The van der Waals surface area contributed by atoms with Crippen LogP contribution in [-0.4, -0.2) is 24.6 Å². The molecular formula is C17H24FIN4OS. The second-order valence-corrected chi connectivity index (χ2v) is 6.29. The van der Waals surface area contributed by atoms with Crippen molar-refractivity contribution >= 4 is 41.3 Å². The van der Waals surface area contributed by atoms with Crippen LogP contribution < -0.4 is 15.4 Å². The molecule has 1 aromatic carbocycles. The maximum absolute atomic E-state index is 13.7. The zero-order chi connectivity index (χ0) is 17.4. The molecule has 0 saturated carbocycles. The van der Waals surface area contributed by atoms with Gasteiger partial charge in [0.1, 0.15) is 5.01 Å². The van der Waals surface area contributed by atoms with Crippen molar-refractivity contribution in [1.82, 2.24) is 15.6 Å². The lowest BCUT2D eigenvalue weighted by atomic mass is 10.2. The predicted molar refractivity (Wildman–Crippen MR) is 112 cm³/mol. The van der Waals surface area contributed by atoms with E-state index in [2.05, 4.69) is 27.5 Å². The predicted octanol–water partition coefficient (Wildman–Crippen LogP) is 3.73. The normalized spacial score (nSPS) is 11.0. The van der Waals surface area contributed by atoms with E-state index in [1.807, 2.05) is 19.2 Å². The van der Waals surface area contributed by atoms with Crippen molar-refractivity contribution in [3.63, 3.8) is 0 Å². The van der Waals surface area contributed by atoms with Gasteiger partial charge in [-0.1, -0.05) is 13.0 Å². The van der Waals surface area contributed by atoms with E-state index < -0.39 is 0 Å². The molecule has 138 valence electrons. The highest BCUT2D eigenvalue weighted by Gasteiger charge is 2.05. The van der Waals surface area contributed by atoms with Gasteiger partial charge in [0.05, 0.1) is 20.2 Å². The van der Waals surface area contributed by atoms with E-state index in [9.17, 15) is 4.39 Å². The SMILES string of the molecule is CCNC(=NCc1ccc(OC)c(F)c1)NCc1ncc(CC)s1.I. The Morgan fingerprint density at radius 1 is 1.32 bits per heavy atom. The zero-order valence-corrected chi connectivity index (χ0v) is 17.8. The summed E-state index contributed by atoms with van der Waals surface area (Å²) < 4.78 is 18.6. The van der Waals surface area contributed by atoms with Gasteiger partial charge in [0.25, 0.3) is 0 Å². The zero-order valence-electron chi connectivity index (χ0n) is 14.6. The first-order valence-electron chi connectivity index (χ1n) is 7.94. The number of hydrogen-bond acceptors (Lipinski definition) is 4. The van der Waals surface area contributed by atoms with Crippen LogP contribution in [0.2, 0.25) is 0 Å². The second kappa shape index (κ2) is 11.2. The van der Waals surface area contributed by atoms with E-state index >= 15 is 0 Å². The van der Waals surface area contributed by atoms with Crippen molar-refractivity contribution in [2.75, 3.05) is 13.7 Å². The lowest BCUT2D eigenvalue weighted by Crippen LogP contribution is -2.36. The molecular weight excluding hydrogens is 454 g/mol. The molecule has 1 heterocycles. The molecule has 5 nitrogen and oxygen atoms in total. The number of halogens is 2. The van der Waals surface area contributed by atoms with Crippen molar-refractivity contribution in [3.8, 4) is 5.75 Å². The number of hydrogen-bond donors (Lipinski definition) is 2. The van der Waals surface area contributed by atoms with E-state index in [0.717, 1.165) is 23.5 Å².